The minimum absolute atomic E-state index is 0.0775. The van der Waals surface area contributed by atoms with Crippen LogP contribution >= 0.6 is 0 Å². The molecule has 1 aromatic carbocycles. The number of fused-ring (bicyclic) bond motifs is 1. The lowest BCUT2D eigenvalue weighted by molar-refractivity contribution is 0.0603. The second kappa shape index (κ2) is 6.36. The number of piperidine rings is 1. The van der Waals surface area contributed by atoms with E-state index in [0.29, 0.717) is 22.5 Å². The number of aromatic amines is 1. The van der Waals surface area contributed by atoms with Crippen LogP contribution in [-0.4, -0.2) is 58.1 Å². The molecule has 126 valence electrons. The molecule has 0 spiro atoms. The van der Waals surface area contributed by atoms with Gasteiger partial charge >= 0.3 is 0 Å². The average Bonchev–Trinajstić information content (AvgIpc) is 3.17. The second-order valence-electron chi connectivity index (χ2n) is 6.74. The summed E-state index contributed by atoms with van der Waals surface area (Å²) in [6, 6.07) is 7.63. The molecule has 6 heteroatoms. The molecule has 0 aliphatic carbocycles. The third-order valence-corrected chi connectivity index (χ3v) is 5.24. The normalized spacial score (nSPS) is 22.2. The number of rotatable bonds is 2. The van der Waals surface area contributed by atoms with Gasteiger partial charge in [-0.05, 0) is 44.8 Å². The molecule has 1 atom stereocenters. The molecule has 1 amide bonds. The van der Waals surface area contributed by atoms with Crippen LogP contribution in [0.15, 0.2) is 29.1 Å². The summed E-state index contributed by atoms with van der Waals surface area (Å²) in [5.74, 6) is -0.0775. The van der Waals surface area contributed by atoms with Crippen molar-refractivity contribution < 1.29 is 4.79 Å². The van der Waals surface area contributed by atoms with Crippen LogP contribution < -0.4 is 5.56 Å². The highest BCUT2D eigenvalue weighted by molar-refractivity contribution is 6.04. The molecule has 3 heterocycles. The molecule has 24 heavy (non-hydrogen) atoms. The van der Waals surface area contributed by atoms with E-state index in [-0.39, 0.29) is 11.5 Å². The van der Waals surface area contributed by atoms with Crippen LogP contribution in [0.5, 0.6) is 0 Å². The van der Waals surface area contributed by atoms with E-state index < -0.39 is 0 Å². The van der Waals surface area contributed by atoms with Crippen LogP contribution in [0.2, 0.25) is 0 Å². The third kappa shape index (κ3) is 2.71. The molecular weight excluding hydrogens is 304 g/mol. The van der Waals surface area contributed by atoms with Crippen molar-refractivity contribution in [2.75, 3.05) is 26.2 Å². The number of aromatic nitrogens is 2. The maximum atomic E-state index is 13.0. The van der Waals surface area contributed by atoms with Gasteiger partial charge in [0.25, 0.3) is 11.5 Å². The van der Waals surface area contributed by atoms with Crippen molar-refractivity contribution in [3.05, 3.63) is 40.3 Å². The number of H-pyrrole nitrogens is 1. The molecule has 2 aliphatic rings. The Morgan fingerprint density at radius 1 is 1.08 bits per heavy atom. The number of amides is 1. The van der Waals surface area contributed by atoms with Gasteiger partial charge in [-0.15, -0.1) is 0 Å². The predicted octanol–water partition coefficient (Wildman–Crippen LogP) is 1.62. The van der Waals surface area contributed by atoms with Gasteiger partial charge in [-0.3, -0.25) is 14.5 Å². The summed E-state index contributed by atoms with van der Waals surface area (Å²) in [7, 11) is 0. The molecule has 4 rings (SSSR count). The summed E-state index contributed by atoms with van der Waals surface area (Å²) in [5.41, 5.74) is 0.100. The first-order chi connectivity index (χ1) is 11.7. The van der Waals surface area contributed by atoms with Gasteiger partial charge < -0.3 is 4.90 Å². The SMILES string of the molecule is O=C(c1n[nH]c(=O)c2ccccc12)N1CCCC(N2CCCC2)C1. The molecule has 0 radical (unpaired) electrons. The van der Waals surface area contributed by atoms with E-state index in [1.54, 1.807) is 18.2 Å². The fourth-order valence-electron chi connectivity index (χ4n) is 3.97. The Morgan fingerprint density at radius 2 is 1.83 bits per heavy atom. The smallest absolute Gasteiger partial charge is 0.274 e. The van der Waals surface area contributed by atoms with Crippen molar-refractivity contribution >= 4 is 16.7 Å². The molecule has 0 saturated carbocycles. The van der Waals surface area contributed by atoms with Gasteiger partial charge in [0.2, 0.25) is 0 Å². The zero-order chi connectivity index (χ0) is 16.5. The first kappa shape index (κ1) is 15.3. The van der Waals surface area contributed by atoms with Crippen LogP contribution in [0.4, 0.5) is 0 Å². The highest BCUT2D eigenvalue weighted by Gasteiger charge is 2.30. The summed E-state index contributed by atoms with van der Waals surface area (Å²) in [4.78, 5) is 29.3. The Hall–Kier alpha value is -2.21. The van der Waals surface area contributed by atoms with Gasteiger partial charge in [0.15, 0.2) is 5.69 Å². The minimum atomic E-state index is -0.254. The number of benzene rings is 1. The van der Waals surface area contributed by atoms with E-state index in [2.05, 4.69) is 15.1 Å². The molecule has 1 N–H and O–H groups in total. The first-order valence-corrected chi connectivity index (χ1v) is 8.75. The van der Waals surface area contributed by atoms with E-state index in [9.17, 15) is 9.59 Å². The van der Waals surface area contributed by atoms with Gasteiger partial charge in [-0.25, -0.2) is 5.10 Å². The number of nitrogens with zero attached hydrogens (tertiary/aromatic N) is 3. The number of carbonyl (C=O) groups excluding carboxylic acids is 1. The van der Waals surface area contributed by atoms with Gasteiger partial charge in [-0.1, -0.05) is 18.2 Å². The van der Waals surface area contributed by atoms with E-state index >= 15 is 0 Å². The third-order valence-electron chi connectivity index (χ3n) is 5.24. The van der Waals surface area contributed by atoms with Gasteiger partial charge in [-0.2, -0.15) is 5.10 Å². The molecule has 1 unspecified atom stereocenters. The number of hydrogen-bond donors (Lipinski definition) is 1. The Balaban J connectivity index is 1.61. The second-order valence-corrected chi connectivity index (χ2v) is 6.74. The van der Waals surface area contributed by atoms with Gasteiger partial charge in [0.05, 0.1) is 5.39 Å². The van der Waals surface area contributed by atoms with Crippen LogP contribution in [0.25, 0.3) is 10.8 Å². The molecule has 2 saturated heterocycles. The van der Waals surface area contributed by atoms with Crippen LogP contribution in [-0.2, 0) is 0 Å². The Bertz CT molecular complexity index is 810. The fourth-order valence-corrected chi connectivity index (χ4v) is 3.97. The standard InChI is InChI=1S/C18H22N4O2/c23-17-15-8-2-1-7-14(15)16(19-20-17)18(24)22-11-5-6-13(12-22)21-9-3-4-10-21/h1-2,7-8,13H,3-6,9-12H2,(H,20,23). The van der Waals surface area contributed by atoms with Crippen molar-refractivity contribution in [2.45, 2.75) is 31.7 Å². The Kier molecular flexibility index (Phi) is 4.06. The molecule has 2 fully saturated rings. The molecule has 2 aromatic rings. The van der Waals surface area contributed by atoms with Gasteiger partial charge in [0.1, 0.15) is 0 Å². The quantitative estimate of drug-likeness (QED) is 0.910. The molecular formula is C18H22N4O2. The van der Waals surface area contributed by atoms with Crippen LogP contribution in [0.3, 0.4) is 0 Å². The minimum Gasteiger partial charge on any atom is -0.336 e. The number of carbonyl (C=O) groups is 1. The molecule has 1 aromatic heterocycles. The first-order valence-electron chi connectivity index (χ1n) is 8.75. The van der Waals surface area contributed by atoms with E-state index in [0.717, 1.165) is 39.0 Å². The summed E-state index contributed by atoms with van der Waals surface area (Å²) >= 11 is 0. The lowest BCUT2D eigenvalue weighted by Gasteiger charge is -2.37. The van der Waals surface area contributed by atoms with Crippen molar-refractivity contribution in [3.8, 4) is 0 Å². The summed E-state index contributed by atoms with van der Waals surface area (Å²) in [5, 5.41) is 7.68. The van der Waals surface area contributed by atoms with Crippen LogP contribution in [0.1, 0.15) is 36.2 Å². The highest BCUT2D eigenvalue weighted by atomic mass is 16.2. The maximum absolute atomic E-state index is 13.0. The maximum Gasteiger partial charge on any atom is 0.274 e. The largest absolute Gasteiger partial charge is 0.336 e. The lowest BCUT2D eigenvalue weighted by Crippen LogP contribution is -2.49. The zero-order valence-electron chi connectivity index (χ0n) is 13.7. The van der Waals surface area contributed by atoms with E-state index in [4.69, 9.17) is 0 Å². The average molecular weight is 326 g/mol. The topological polar surface area (TPSA) is 69.3 Å². The molecule has 0 bridgehead atoms. The molecule has 6 nitrogen and oxygen atoms in total. The Morgan fingerprint density at radius 3 is 2.62 bits per heavy atom. The number of hydrogen-bond acceptors (Lipinski definition) is 4. The van der Waals surface area contributed by atoms with E-state index in [1.807, 2.05) is 11.0 Å². The van der Waals surface area contributed by atoms with Crippen molar-refractivity contribution in [3.63, 3.8) is 0 Å². The Labute approximate surface area is 140 Å². The predicted molar refractivity (Wildman–Crippen MR) is 92.1 cm³/mol. The summed E-state index contributed by atoms with van der Waals surface area (Å²) in [6.45, 7) is 3.81. The van der Waals surface area contributed by atoms with Crippen molar-refractivity contribution in [1.82, 2.24) is 20.0 Å². The van der Waals surface area contributed by atoms with Crippen molar-refractivity contribution in [1.29, 1.82) is 0 Å². The number of nitrogens with one attached hydrogen (secondary N) is 1. The number of likely N-dealkylation sites (tertiary alicyclic amines) is 2. The molecule has 2 aliphatic heterocycles. The monoisotopic (exact) mass is 326 g/mol. The summed E-state index contributed by atoms with van der Waals surface area (Å²) in [6.07, 6.45) is 4.70. The highest BCUT2D eigenvalue weighted by Crippen LogP contribution is 2.22. The lowest BCUT2D eigenvalue weighted by atomic mass is 10.0. The van der Waals surface area contributed by atoms with Crippen molar-refractivity contribution in [2.24, 2.45) is 0 Å². The summed E-state index contributed by atoms with van der Waals surface area (Å²) < 4.78 is 0. The zero-order valence-corrected chi connectivity index (χ0v) is 13.7. The van der Waals surface area contributed by atoms with Gasteiger partial charge in [0, 0.05) is 24.5 Å². The van der Waals surface area contributed by atoms with E-state index in [1.165, 1.54) is 12.8 Å². The van der Waals surface area contributed by atoms with Crippen LogP contribution in [0, 0.1) is 0 Å². The fraction of sp³-hybridized carbons (Fsp3) is 0.500.